The molecule has 0 bridgehead atoms. The number of anilines is 2. The standard InChI is InChI=1S/C23H24N2O6/c1-14-4-9-19(15(2)10-14)24-20(26)13-31-23(29)17-11-21(27)25(12-17)18-7-5-16(6-8-18)22(28)30-3/h4-10,17H,11-13H2,1-3H3,(H,24,26)/t17-/m1/s1. The van der Waals surface area contributed by atoms with Gasteiger partial charge < -0.3 is 19.7 Å². The number of benzene rings is 2. The molecule has 1 fully saturated rings. The smallest absolute Gasteiger partial charge is 0.337 e. The second-order valence-corrected chi connectivity index (χ2v) is 7.42. The van der Waals surface area contributed by atoms with Crippen LogP contribution in [-0.4, -0.2) is 44.0 Å². The summed E-state index contributed by atoms with van der Waals surface area (Å²) in [5.74, 6) is -2.41. The highest BCUT2D eigenvalue weighted by Crippen LogP contribution is 2.26. The fraction of sp³-hybridized carbons (Fsp3) is 0.304. The molecule has 2 aromatic rings. The summed E-state index contributed by atoms with van der Waals surface area (Å²) in [5, 5.41) is 2.71. The van der Waals surface area contributed by atoms with Gasteiger partial charge in [-0.15, -0.1) is 0 Å². The average Bonchev–Trinajstić information content (AvgIpc) is 3.15. The number of aryl methyl sites for hydroxylation is 2. The van der Waals surface area contributed by atoms with E-state index in [9.17, 15) is 19.2 Å². The van der Waals surface area contributed by atoms with Gasteiger partial charge in [-0.1, -0.05) is 17.7 Å². The maximum atomic E-state index is 12.4. The Morgan fingerprint density at radius 3 is 2.45 bits per heavy atom. The van der Waals surface area contributed by atoms with E-state index in [2.05, 4.69) is 10.1 Å². The molecule has 0 unspecified atom stereocenters. The lowest BCUT2D eigenvalue weighted by Crippen LogP contribution is -2.28. The Bertz CT molecular complexity index is 1020. The number of methoxy groups -OCH3 is 1. The molecule has 8 nitrogen and oxygen atoms in total. The monoisotopic (exact) mass is 424 g/mol. The molecule has 1 aliphatic heterocycles. The van der Waals surface area contributed by atoms with Crippen molar-refractivity contribution in [1.29, 1.82) is 0 Å². The van der Waals surface area contributed by atoms with Gasteiger partial charge in [-0.3, -0.25) is 14.4 Å². The Labute approximate surface area is 180 Å². The van der Waals surface area contributed by atoms with Gasteiger partial charge in [-0.05, 0) is 49.7 Å². The molecule has 3 rings (SSSR count). The van der Waals surface area contributed by atoms with Crippen molar-refractivity contribution in [3.05, 3.63) is 59.2 Å². The van der Waals surface area contributed by atoms with Gasteiger partial charge >= 0.3 is 11.9 Å². The summed E-state index contributed by atoms with van der Waals surface area (Å²) in [7, 11) is 1.29. The molecule has 0 saturated carbocycles. The highest BCUT2D eigenvalue weighted by Gasteiger charge is 2.36. The number of amides is 2. The fourth-order valence-electron chi connectivity index (χ4n) is 3.40. The van der Waals surface area contributed by atoms with Crippen molar-refractivity contribution in [3.63, 3.8) is 0 Å². The van der Waals surface area contributed by atoms with Gasteiger partial charge in [0.05, 0.1) is 18.6 Å². The van der Waals surface area contributed by atoms with E-state index in [0.29, 0.717) is 16.9 Å². The van der Waals surface area contributed by atoms with Gasteiger partial charge in [0.2, 0.25) is 5.91 Å². The molecule has 1 aliphatic rings. The van der Waals surface area contributed by atoms with Crippen LogP contribution >= 0.6 is 0 Å². The Morgan fingerprint density at radius 1 is 1.10 bits per heavy atom. The number of carbonyl (C=O) groups is 4. The number of hydrogen-bond donors (Lipinski definition) is 1. The minimum Gasteiger partial charge on any atom is -0.465 e. The summed E-state index contributed by atoms with van der Waals surface area (Å²) in [6, 6.07) is 12.0. The molecule has 8 heteroatoms. The van der Waals surface area contributed by atoms with Crippen molar-refractivity contribution in [2.24, 2.45) is 5.92 Å². The molecule has 31 heavy (non-hydrogen) atoms. The van der Waals surface area contributed by atoms with E-state index in [-0.39, 0.29) is 18.9 Å². The summed E-state index contributed by atoms with van der Waals surface area (Å²) in [5.41, 5.74) is 3.58. The molecule has 0 spiro atoms. The normalized spacial score (nSPS) is 15.5. The van der Waals surface area contributed by atoms with Crippen LogP contribution in [0.25, 0.3) is 0 Å². The molecule has 1 atom stereocenters. The van der Waals surface area contributed by atoms with Gasteiger partial charge in [-0.2, -0.15) is 0 Å². The van der Waals surface area contributed by atoms with Crippen LogP contribution in [0.2, 0.25) is 0 Å². The summed E-state index contributed by atoms with van der Waals surface area (Å²) in [6.45, 7) is 3.56. The molecular formula is C23H24N2O6. The van der Waals surface area contributed by atoms with Crippen LogP contribution < -0.4 is 10.2 Å². The zero-order valence-electron chi connectivity index (χ0n) is 17.6. The number of nitrogens with zero attached hydrogens (tertiary/aromatic N) is 1. The van der Waals surface area contributed by atoms with Gasteiger partial charge in [0.15, 0.2) is 6.61 Å². The van der Waals surface area contributed by atoms with Crippen molar-refractivity contribution in [3.8, 4) is 0 Å². The highest BCUT2D eigenvalue weighted by molar-refractivity contribution is 6.00. The molecule has 0 radical (unpaired) electrons. The number of rotatable bonds is 6. The second kappa shape index (κ2) is 9.42. The molecule has 2 amide bonds. The Kier molecular flexibility index (Phi) is 6.69. The summed E-state index contributed by atoms with van der Waals surface area (Å²) in [4.78, 5) is 49.9. The van der Waals surface area contributed by atoms with Crippen LogP contribution in [0, 0.1) is 19.8 Å². The van der Waals surface area contributed by atoms with Gasteiger partial charge in [0, 0.05) is 24.3 Å². The Morgan fingerprint density at radius 2 is 1.81 bits per heavy atom. The van der Waals surface area contributed by atoms with E-state index < -0.39 is 30.4 Å². The maximum Gasteiger partial charge on any atom is 0.337 e. The molecule has 1 saturated heterocycles. The molecule has 2 aromatic carbocycles. The van der Waals surface area contributed by atoms with Gasteiger partial charge in [0.25, 0.3) is 5.91 Å². The van der Waals surface area contributed by atoms with Gasteiger partial charge in [-0.25, -0.2) is 4.79 Å². The number of nitrogens with one attached hydrogen (secondary N) is 1. The van der Waals surface area contributed by atoms with Gasteiger partial charge in [0.1, 0.15) is 0 Å². The van der Waals surface area contributed by atoms with Crippen LogP contribution in [0.1, 0.15) is 27.9 Å². The molecular weight excluding hydrogens is 400 g/mol. The second-order valence-electron chi connectivity index (χ2n) is 7.42. The Hall–Kier alpha value is -3.68. The van der Waals surface area contributed by atoms with Crippen LogP contribution in [0.5, 0.6) is 0 Å². The maximum absolute atomic E-state index is 12.4. The predicted octanol–water partition coefficient (Wildman–Crippen LogP) is 2.62. The number of carbonyl (C=O) groups excluding carboxylic acids is 4. The zero-order chi connectivity index (χ0) is 22.5. The van der Waals surface area contributed by atoms with Crippen molar-refractivity contribution in [2.45, 2.75) is 20.3 Å². The lowest BCUT2D eigenvalue weighted by molar-refractivity contribution is -0.151. The SMILES string of the molecule is COC(=O)c1ccc(N2C[C@H](C(=O)OCC(=O)Nc3ccc(C)cc3C)CC2=O)cc1. The van der Waals surface area contributed by atoms with E-state index in [1.165, 1.54) is 12.0 Å². The van der Waals surface area contributed by atoms with Crippen molar-refractivity contribution in [1.82, 2.24) is 0 Å². The first kappa shape index (κ1) is 22.0. The molecule has 0 aromatic heterocycles. The number of hydrogen-bond acceptors (Lipinski definition) is 6. The van der Waals surface area contributed by atoms with Crippen LogP contribution in [0.4, 0.5) is 11.4 Å². The summed E-state index contributed by atoms with van der Waals surface area (Å²) < 4.78 is 9.78. The summed E-state index contributed by atoms with van der Waals surface area (Å²) >= 11 is 0. The first-order valence-electron chi connectivity index (χ1n) is 9.81. The van der Waals surface area contributed by atoms with Crippen LogP contribution in [-0.2, 0) is 23.9 Å². The molecule has 1 heterocycles. The average molecular weight is 424 g/mol. The lowest BCUT2D eigenvalue weighted by atomic mass is 10.1. The van der Waals surface area contributed by atoms with Crippen molar-refractivity contribution >= 4 is 35.1 Å². The largest absolute Gasteiger partial charge is 0.465 e. The molecule has 1 N–H and O–H groups in total. The quantitative estimate of drug-likeness (QED) is 0.716. The Balaban J connectivity index is 1.54. The first-order valence-corrected chi connectivity index (χ1v) is 9.81. The predicted molar refractivity (Wildman–Crippen MR) is 114 cm³/mol. The van der Waals surface area contributed by atoms with Crippen LogP contribution in [0.15, 0.2) is 42.5 Å². The third-order valence-corrected chi connectivity index (χ3v) is 5.06. The topological polar surface area (TPSA) is 102 Å². The van der Waals surface area contributed by atoms with Crippen LogP contribution in [0.3, 0.4) is 0 Å². The fourth-order valence-corrected chi connectivity index (χ4v) is 3.40. The first-order chi connectivity index (χ1) is 14.8. The highest BCUT2D eigenvalue weighted by atomic mass is 16.5. The molecule has 0 aliphatic carbocycles. The minimum atomic E-state index is -0.665. The zero-order valence-corrected chi connectivity index (χ0v) is 17.6. The molecule has 162 valence electrons. The van der Waals surface area contributed by atoms with Crippen molar-refractivity contribution < 1.29 is 28.7 Å². The van der Waals surface area contributed by atoms with E-state index in [4.69, 9.17) is 4.74 Å². The van der Waals surface area contributed by atoms with E-state index in [1.807, 2.05) is 26.0 Å². The minimum absolute atomic E-state index is 0.00369. The third kappa shape index (κ3) is 5.28. The van der Waals surface area contributed by atoms with E-state index in [1.54, 1.807) is 30.3 Å². The number of esters is 2. The van der Waals surface area contributed by atoms with Crippen molar-refractivity contribution in [2.75, 3.05) is 30.5 Å². The van der Waals surface area contributed by atoms with E-state index in [0.717, 1.165) is 11.1 Å². The van der Waals surface area contributed by atoms with E-state index >= 15 is 0 Å². The third-order valence-electron chi connectivity index (χ3n) is 5.06. The lowest BCUT2D eigenvalue weighted by Gasteiger charge is -2.17. The summed E-state index contributed by atoms with van der Waals surface area (Å²) in [6.07, 6.45) is -0.00369. The number of ether oxygens (including phenoxy) is 2.